The van der Waals surface area contributed by atoms with Crippen LogP contribution in [0.1, 0.15) is 13.3 Å². The average Bonchev–Trinajstić information content (AvgIpc) is 3.15. The molecule has 1 aliphatic carbocycles. The number of nitrogens with zero attached hydrogens (tertiary/aromatic N) is 1. The Bertz CT molecular complexity index is 655. The molecule has 0 radical (unpaired) electrons. The Morgan fingerprint density at radius 1 is 1.38 bits per heavy atom. The number of hydrogen-bond donors (Lipinski definition) is 1. The van der Waals surface area contributed by atoms with Gasteiger partial charge in [0.15, 0.2) is 0 Å². The predicted molar refractivity (Wildman–Crippen MR) is 79.8 cm³/mol. The van der Waals surface area contributed by atoms with Crippen molar-refractivity contribution in [3.63, 3.8) is 0 Å². The molecular weight excluding hydrogens is 292 g/mol. The van der Waals surface area contributed by atoms with Gasteiger partial charge in [-0.3, -0.25) is 4.79 Å². The Morgan fingerprint density at radius 2 is 2.00 bits per heavy atom. The molecular formula is C14H20N2O4S. The zero-order valence-electron chi connectivity index (χ0n) is 12.6. The molecule has 1 amide bonds. The van der Waals surface area contributed by atoms with E-state index >= 15 is 0 Å². The van der Waals surface area contributed by atoms with E-state index in [2.05, 4.69) is 5.32 Å². The second-order valence-electron chi connectivity index (χ2n) is 5.46. The Labute approximate surface area is 125 Å². The third-order valence-corrected chi connectivity index (χ3v) is 5.46. The normalized spacial score (nSPS) is 21.2. The Hall–Kier alpha value is -1.60. The number of methoxy groups -OCH3 is 1. The molecule has 1 aliphatic rings. The number of carbonyl (C=O) groups excluding carboxylic acids is 1. The third kappa shape index (κ3) is 3.19. The molecule has 7 heteroatoms. The van der Waals surface area contributed by atoms with E-state index in [1.807, 2.05) is 6.92 Å². The fourth-order valence-electron chi connectivity index (χ4n) is 2.07. The van der Waals surface area contributed by atoms with Crippen molar-refractivity contribution in [1.82, 2.24) is 4.31 Å². The summed E-state index contributed by atoms with van der Waals surface area (Å²) in [5.74, 6) is 0.725. The minimum Gasteiger partial charge on any atom is -0.495 e. The van der Waals surface area contributed by atoms with Crippen molar-refractivity contribution in [2.45, 2.75) is 18.2 Å². The van der Waals surface area contributed by atoms with Gasteiger partial charge in [-0.15, -0.1) is 0 Å². The molecule has 1 fully saturated rings. The van der Waals surface area contributed by atoms with E-state index in [1.165, 1.54) is 33.3 Å². The SMILES string of the molecule is COc1ccc(S(=O)(=O)N(C)C)cc1NC(=O)[C@H]1C[C@@H]1C. The van der Waals surface area contributed by atoms with Crippen molar-refractivity contribution in [2.24, 2.45) is 11.8 Å². The van der Waals surface area contributed by atoms with E-state index < -0.39 is 10.0 Å². The summed E-state index contributed by atoms with van der Waals surface area (Å²) in [6.45, 7) is 2.01. The first-order chi connectivity index (χ1) is 9.77. The molecule has 1 aromatic rings. The van der Waals surface area contributed by atoms with Gasteiger partial charge in [0, 0.05) is 20.0 Å². The number of ether oxygens (including phenoxy) is 1. The lowest BCUT2D eigenvalue weighted by Gasteiger charge is -2.15. The summed E-state index contributed by atoms with van der Waals surface area (Å²) in [6, 6.07) is 4.44. The lowest BCUT2D eigenvalue weighted by Crippen LogP contribution is -2.22. The van der Waals surface area contributed by atoms with Crippen LogP contribution in [-0.4, -0.2) is 39.8 Å². The highest BCUT2D eigenvalue weighted by Crippen LogP contribution is 2.39. The van der Waals surface area contributed by atoms with Crippen LogP contribution in [0.5, 0.6) is 5.75 Å². The van der Waals surface area contributed by atoms with Crippen molar-refractivity contribution in [1.29, 1.82) is 0 Å². The predicted octanol–water partition coefficient (Wildman–Crippen LogP) is 1.54. The van der Waals surface area contributed by atoms with Crippen LogP contribution in [0.25, 0.3) is 0 Å². The van der Waals surface area contributed by atoms with E-state index in [-0.39, 0.29) is 16.7 Å². The van der Waals surface area contributed by atoms with Gasteiger partial charge in [0.25, 0.3) is 0 Å². The lowest BCUT2D eigenvalue weighted by molar-refractivity contribution is -0.117. The zero-order valence-corrected chi connectivity index (χ0v) is 13.4. The first-order valence-corrected chi connectivity index (χ1v) is 8.12. The summed E-state index contributed by atoms with van der Waals surface area (Å²) < 4.78 is 30.6. The van der Waals surface area contributed by atoms with Gasteiger partial charge in [-0.05, 0) is 30.5 Å². The number of amides is 1. The first-order valence-electron chi connectivity index (χ1n) is 6.68. The standard InChI is InChI=1S/C14H20N2O4S/c1-9-7-11(9)14(17)15-12-8-10(5-6-13(12)20-4)21(18,19)16(2)3/h5-6,8-9,11H,7H2,1-4H3,(H,15,17)/t9-,11-/m0/s1. The van der Waals surface area contributed by atoms with Gasteiger partial charge in [0.05, 0.1) is 17.7 Å². The van der Waals surface area contributed by atoms with E-state index in [1.54, 1.807) is 6.07 Å². The molecule has 116 valence electrons. The molecule has 2 rings (SSSR count). The van der Waals surface area contributed by atoms with Gasteiger partial charge in [-0.1, -0.05) is 6.92 Å². The number of anilines is 1. The van der Waals surface area contributed by atoms with Crippen LogP contribution in [0, 0.1) is 11.8 Å². The Kier molecular flexibility index (Phi) is 4.25. The van der Waals surface area contributed by atoms with Crippen LogP contribution in [-0.2, 0) is 14.8 Å². The highest BCUT2D eigenvalue weighted by Gasteiger charge is 2.39. The number of carbonyl (C=O) groups is 1. The van der Waals surface area contributed by atoms with Crippen LogP contribution >= 0.6 is 0 Å². The number of benzene rings is 1. The van der Waals surface area contributed by atoms with E-state index in [0.717, 1.165) is 10.7 Å². The van der Waals surface area contributed by atoms with E-state index in [0.29, 0.717) is 17.4 Å². The molecule has 1 saturated carbocycles. The van der Waals surface area contributed by atoms with E-state index in [4.69, 9.17) is 4.74 Å². The quantitative estimate of drug-likeness (QED) is 0.895. The minimum absolute atomic E-state index is 0.00354. The molecule has 0 aliphatic heterocycles. The molecule has 0 bridgehead atoms. The van der Waals surface area contributed by atoms with Gasteiger partial charge in [0.1, 0.15) is 5.75 Å². The number of rotatable bonds is 5. The summed E-state index contributed by atoms with van der Waals surface area (Å²) in [5.41, 5.74) is 0.379. The van der Waals surface area contributed by atoms with Gasteiger partial charge in [0.2, 0.25) is 15.9 Å². The number of hydrogen-bond acceptors (Lipinski definition) is 4. The molecule has 1 N–H and O–H groups in total. The maximum atomic E-state index is 12.1. The topological polar surface area (TPSA) is 75.7 Å². The van der Waals surface area contributed by atoms with E-state index in [9.17, 15) is 13.2 Å². The third-order valence-electron chi connectivity index (χ3n) is 3.65. The van der Waals surface area contributed by atoms with Crippen molar-refractivity contribution in [3.8, 4) is 5.75 Å². The highest BCUT2D eigenvalue weighted by molar-refractivity contribution is 7.89. The second kappa shape index (κ2) is 5.65. The fourth-order valence-corrected chi connectivity index (χ4v) is 3.00. The van der Waals surface area contributed by atoms with Crippen molar-refractivity contribution in [2.75, 3.05) is 26.5 Å². The largest absolute Gasteiger partial charge is 0.495 e. The van der Waals surface area contributed by atoms with Gasteiger partial charge < -0.3 is 10.1 Å². The summed E-state index contributed by atoms with van der Waals surface area (Å²) in [5, 5.41) is 2.76. The summed E-state index contributed by atoms with van der Waals surface area (Å²) in [7, 11) is 0.852. The van der Waals surface area contributed by atoms with Crippen LogP contribution in [0.15, 0.2) is 23.1 Å². The van der Waals surface area contributed by atoms with Gasteiger partial charge in [-0.25, -0.2) is 12.7 Å². The minimum atomic E-state index is -3.55. The molecule has 0 unspecified atom stereocenters. The van der Waals surface area contributed by atoms with Crippen LogP contribution in [0.2, 0.25) is 0 Å². The highest BCUT2D eigenvalue weighted by atomic mass is 32.2. The molecule has 0 heterocycles. The van der Waals surface area contributed by atoms with Crippen molar-refractivity contribution in [3.05, 3.63) is 18.2 Å². The first kappa shape index (κ1) is 15.8. The molecule has 0 aromatic heterocycles. The van der Waals surface area contributed by atoms with Crippen LogP contribution in [0.4, 0.5) is 5.69 Å². The molecule has 6 nitrogen and oxygen atoms in total. The average molecular weight is 312 g/mol. The fraction of sp³-hybridized carbons (Fsp3) is 0.500. The maximum Gasteiger partial charge on any atom is 0.242 e. The lowest BCUT2D eigenvalue weighted by atomic mass is 10.2. The van der Waals surface area contributed by atoms with Crippen LogP contribution < -0.4 is 10.1 Å². The molecule has 2 atom stereocenters. The molecule has 1 aromatic carbocycles. The zero-order chi connectivity index (χ0) is 15.8. The summed E-state index contributed by atoms with van der Waals surface area (Å²) >= 11 is 0. The number of nitrogens with one attached hydrogen (secondary N) is 1. The van der Waals surface area contributed by atoms with Crippen molar-refractivity contribution < 1.29 is 17.9 Å². The molecule has 0 saturated heterocycles. The summed E-state index contributed by atoms with van der Waals surface area (Å²) in [6.07, 6.45) is 0.865. The Balaban J connectivity index is 2.32. The van der Waals surface area contributed by atoms with Gasteiger partial charge in [-0.2, -0.15) is 0 Å². The van der Waals surface area contributed by atoms with Crippen LogP contribution in [0.3, 0.4) is 0 Å². The summed E-state index contributed by atoms with van der Waals surface area (Å²) in [4.78, 5) is 12.1. The molecule has 21 heavy (non-hydrogen) atoms. The molecule has 0 spiro atoms. The number of sulfonamides is 1. The van der Waals surface area contributed by atoms with Crippen molar-refractivity contribution >= 4 is 21.6 Å². The Morgan fingerprint density at radius 3 is 2.48 bits per heavy atom. The second-order valence-corrected chi connectivity index (χ2v) is 7.61. The van der Waals surface area contributed by atoms with Gasteiger partial charge >= 0.3 is 0 Å². The smallest absolute Gasteiger partial charge is 0.242 e. The maximum absolute atomic E-state index is 12.1. The monoisotopic (exact) mass is 312 g/mol.